The Balaban J connectivity index is 0.000000640. The molecule has 0 aromatic heterocycles. The second-order valence-electron chi connectivity index (χ2n) is 1.82. The first-order valence-electron chi connectivity index (χ1n) is 2.62. The molecule has 1 aliphatic rings. The van der Waals surface area contributed by atoms with Crippen molar-refractivity contribution >= 4 is 41.4 Å². The summed E-state index contributed by atoms with van der Waals surface area (Å²) in [4.78, 5) is 20.7. The monoisotopic (exact) mass is 137 g/mol. The van der Waals surface area contributed by atoms with E-state index in [1.165, 1.54) is 0 Å². The zero-order chi connectivity index (χ0) is 5.98. The quantitative estimate of drug-likeness (QED) is 0.349. The fraction of sp³-hybridized carbons (Fsp3) is 0.600. The molecule has 0 aromatic carbocycles. The summed E-state index contributed by atoms with van der Waals surface area (Å²) in [5.74, 6) is -0.275. The van der Waals surface area contributed by atoms with Crippen LogP contribution in [0.5, 0.6) is 0 Å². The van der Waals surface area contributed by atoms with Crippen molar-refractivity contribution in [3.05, 3.63) is 0 Å². The Morgan fingerprint density at radius 3 is 1.78 bits per heavy atom. The van der Waals surface area contributed by atoms with Crippen LogP contribution in [-0.2, 0) is 9.59 Å². The number of nitrogens with one attached hydrogen (secondary N) is 1. The van der Waals surface area contributed by atoms with Gasteiger partial charge in [-0.2, -0.15) is 0 Å². The first-order valence-corrected chi connectivity index (χ1v) is 2.62. The number of carbonyl (C=O) groups excluding carboxylic acids is 2. The van der Waals surface area contributed by atoms with Gasteiger partial charge in [0.1, 0.15) is 0 Å². The molecule has 46 valence electrons. The fourth-order valence-corrected chi connectivity index (χ4v) is 0.690. The van der Waals surface area contributed by atoms with Crippen LogP contribution in [0.3, 0.4) is 0 Å². The van der Waals surface area contributed by atoms with Crippen LogP contribution in [0.1, 0.15) is 19.3 Å². The third-order valence-electron chi connectivity index (χ3n) is 1.09. The molecule has 1 rings (SSSR count). The van der Waals surface area contributed by atoms with E-state index in [4.69, 9.17) is 0 Å². The summed E-state index contributed by atoms with van der Waals surface area (Å²) in [5, 5.41) is 2.20. The van der Waals surface area contributed by atoms with E-state index in [1.807, 2.05) is 0 Å². The van der Waals surface area contributed by atoms with Crippen molar-refractivity contribution in [1.29, 1.82) is 0 Å². The van der Waals surface area contributed by atoms with Gasteiger partial charge in [0.15, 0.2) is 0 Å². The molecule has 0 saturated carbocycles. The van der Waals surface area contributed by atoms with E-state index in [-0.39, 0.29) is 41.4 Å². The van der Waals surface area contributed by atoms with Crippen molar-refractivity contribution in [2.45, 2.75) is 19.3 Å². The van der Waals surface area contributed by atoms with Crippen LogP contribution in [0, 0.1) is 0 Å². The van der Waals surface area contributed by atoms with Gasteiger partial charge >= 0.3 is 29.6 Å². The predicted octanol–water partition coefficient (Wildman–Crippen LogP) is -0.835. The molecule has 0 unspecified atom stereocenters. The summed E-state index contributed by atoms with van der Waals surface area (Å²) in [6, 6.07) is 0. The van der Waals surface area contributed by atoms with Crippen LogP contribution in [-0.4, -0.2) is 41.4 Å². The summed E-state index contributed by atoms with van der Waals surface area (Å²) < 4.78 is 0. The number of carbonyl (C=O) groups is 2. The van der Waals surface area contributed by atoms with Gasteiger partial charge in [0, 0.05) is 12.8 Å². The predicted molar refractivity (Wildman–Crippen MR) is 34.1 cm³/mol. The SMILES string of the molecule is O=C1CCCC(=O)N1.[NaH]. The topological polar surface area (TPSA) is 46.2 Å². The Morgan fingerprint density at radius 1 is 1.11 bits per heavy atom. The van der Waals surface area contributed by atoms with Gasteiger partial charge < -0.3 is 0 Å². The second-order valence-corrected chi connectivity index (χ2v) is 1.82. The Labute approximate surface area is 75.5 Å². The Morgan fingerprint density at radius 2 is 1.56 bits per heavy atom. The van der Waals surface area contributed by atoms with Gasteiger partial charge in [-0.15, -0.1) is 0 Å². The van der Waals surface area contributed by atoms with Crippen LogP contribution in [0.4, 0.5) is 0 Å². The normalized spacial score (nSPS) is 18.2. The average Bonchev–Trinajstić information content (AvgIpc) is 1.64. The van der Waals surface area contributed by atoms with Crippen molar-refractivity contribution in [2.24, 2.45) is 0 Å². The molecule has 1 saturated heterocycles. The molecule has 0 aromatic rings. The van der Waals surface area contributed by atoms with Crippen LogP contribution in [0.25, 0.3) is 0 Å². The van der Waals surface area contributed by atoms with Crippen LogP contribution >= 0.6 is 0 Å². The molecule has 1 N–H and O–H groups in total. The van der Waals surface area contributed by atoms with Crippen LogP contribution < -0.4 is 5.32 Å². The number of hydrogen-bond donors (Lipinski definition) is 1. The van der Waals surface area contributed by atoms with E-state index >= 15 is 0 Å². The summed E-state index contributed by atoms with van der Waals surface area (Å²) >= 11 is 0. The van der Waals surface area contributed by atoms with Crippen molar-refractivity contribution in [3.63, 3.8) is 0 Å². The van der Waals surface area contributed by atoms with Crippen LogP contribution in [0.2, 0.25) is 0 Å². The molecule has 0 atom stereocenters. The summed E-state index contributed by atoms with van der Waals surface area (Å²) in [5.41, 5.74) is 0. The zero-order valence-corrected chi connectivity index (χ0v) is 4.44. The van der Waals surface area contributed by atoms with Gasteiger partial charge in [-0.05, 0) is 6.42 Å². The number of rotatable bonds is 0. The standard InChI is InChI=1S/C5H7NO2.Na.H/c7-4-2-1-3-5(8)6-4;;/h1-3H2,(H,6,7,8);;. The van der Waals surface area contributed by atoms with E-state index in [0.717, 1.165) is 0 Å². The van der Waals surface area contributed by atoms with Crippen molar-refractivity contribution in [2.75, 3.05) is 0 Å². The summed E-state index contributed by atoms with van der Waals surface area (Å²) in [7, 11) is 0. The third-order valence-corrected chi connectivity index (χ3v) is 1.09. The number of imide groups is 1. The fourth-order valence-electron chi connectivity index (χ4n) is 0.690. The van der Waals surface area contributed by atoms with Gasteiger partial charge in [-0.25, -0.2) is 0 Å². The molecular weight excluding hydrogens is 129 g/mol. The molecule has 1 aliphatic heterocycles. The molecule has 0 bridgehead atoms. The van der Waals surface area contributed by atoms with E-state index in [1.54, 1.807) is 0 Å². The van der Waals surface area contributed by atoms with Gasteiger partial charge in [-0.3, -0.25) is 14.9 Å². The molecule has 0 spiro atoms. The average molecular weight is 137 g/mol. The molecule has 0 aliphatic carbocycles. The molecule has 1 fully saturated rings. The molecule has 0 radical (unpaired) electrons. The van der Waals surface area contributed by atoms with Crippen molar-refractivity contribution in [3.8, 4) is 0 Å². The van der Waals surface area contributed by atoms with Gasteiger partial charge in [0.05, 0.1) is 0 Å². The first-order chi connectivity index (χ1) is 3.79. The zero-order valence-electron chi connectivity index (χ0n) is 4.44. The van der Waals surface area contributed by atoms with Crippen LogP contribution in [0.15, 0.2) is 0 Å². The molecule has 9 heavy (non-hydrogen) atoms. The van der Waals surface area contributed by atoms with Crippen molar-refractivity contribution in [1.82, 2.24) is 5.32 Å². The minimum absolute atomic E-state index is 0. The number of hydrogen-bond acceptors (Lipinski definition) is 2. The van der Waals surface area contributed by atoms with Gasteiger partial charge in [0.25, 0.3) is 0 Å². The first kappa shape index (κ1) is 9.14. The Kier molecular flexibility index (Phi) is 4.10. The Hall–Kier alpha value is 0.140. The van der Waals surface area contributed by atoms with E-state index in [2.05, 4.69) is 5.32 Å². The van der Waals surface area contributed by atoms with E-state index in [9.17, 15) is 9.59 Å². The third kappa shape index (κ3) is 2.98. The number of amides is 2. The summed E-state index contributed by atoms with van der Waals surface area (Å²) in [6.45, 7) is 0. The minimum atomic E-state index is -0.138. The molecule has 1 heterocycles. The van der Waals surface area contributed by atoms with E-state index < -0.39 is 0 Å². The van der Waals surface area contributed by atoms with Crippen molar-refractivity contribution < 1.29 is 9.59 Å². The number of piperidine rings is 1. The van der Waals surface area contributed by atoms with E-state index in [0.29, 0.717) is 19.3 Å². The maximum atomic E-state index is 10.3. The molecular formula is C5H8NNaO2. The maximum absolute atomic E-state index is 10.3. The molecule has 2 amide bonds. The van der Waals surface area contributed by atoms with Gasteiger partial charge in [0.2, 0.25) is 11.8 Å². The second kappa shape index (κ2) is 4.04. The molecule has 3 nitrogen and oxygen atoms in total. The molecule has 4 heteroatoms. The van der Waals surface area contributed by atoms with Gasteiger partial charge in [-0.1, -0.05) is 0 Å². The summed E-state index contributed by atoms with van der Waals surface area (Å²) in [6.07, 6.45) is 1.72. The Bertz CT molecular complexity index is 121.